The van der Waals surface area contributed by atoms with Crippen molar-refractivity contribution in [3.05, 3.63) is 0 Å². The van der Waals surface area contributed by atoms with Gasteiger partial charge in [-0.15, -0.1) is 0 Å². The van der Waals surface area contributed by atoms with Crippen LogP contribution < -0.4 is 5.32 Å². The minimum Gasteiger partial charge on any atom is -0.374 e. The Labute approximate surface area is 239 Å². The second-order valence-corrected chi connectivity index (χ2v) is 15.0. The van der Waals surface area contributed by atoms with Gasteiger partial charge in [-0.1, -0.05) is 13.8 Å². The predicted molar refractivity (Wildman–Crippen MR) is 167 cm³/mol. The first-order valence-corrected chi connectivity index (χ1v) is 19.3. The van der Waals surface area contributed by atoms with Gasteiger partial charge in [-0.05, 0) is 84.3 Å². The molecule has 0 aliphatic carbocycles. The molecule has 0 amide bonds. The highest BCUT2D eigenvalue weighted by Crippen LogP contribution is 2.18. The Balaban J connectivity index is 2.68. The van der Waals surface area contributed by atoms with Crippen LogP contribution in [0.1, 0.15) is 53.9 Å². The van der Waals surface area contributed by atoms with Crippen LogP contribution in [-0.4, -0.2) is 138 Å². The molecule has 0 radical (unpaired) electrons. The van der Waals surface area contributed by atoms with Crippen molar-refractivity contribution in [2.45, 2.75) is 59.9 Å². The molecule has 1 heterocycles. The molecule has 222 valence electrons. The summed E-state index contributed by atoms with van der Waals surface area (Å²) in [5, 5.41) is 3.72. The SMILES string of the molecule is CCO[Si](CCCN1CCCN(CCSCC)CCN(CCSCC)CCCNCC1)(OCC)OCC. The monoisotopic (exact) mass is 580 g/mol. The summed E-state index contributed by atoms with van der Waals surface area (Å²) in [6.07, 6.45) is 3.52. The summed E-state index contributed by atoms with van der Waals surface area (Å²) in [4.78, 5) is 8.07. The van der Waals surface area contributed by atoms with Crippen LogP contribution in [-0.2, 0) is 13.3 Å². The number of rotatable bonds is 18. The van der Waals surface area contributed by atoms with Gasteiger partial charge in [0.15, 0.2) is 0 Å². The Morgan fingerprint density at radius 3 is 1.65 bits per heavy atom. The average molecular weight is 581 g/mol. The molecule has 1 aliphatic heterocycles. The first kappa shape index (κ1) is 35.7. The van der Waals surface area contributed by atoms with Crippen LogP contribution in [0.15, 0.2) is 0 Å². The third kappa shape index (κ3) is 17.8. The molecule has 1 N–H and O–H groups in total. The molecule has 7 nitrogen and oxygen atoms in total. The standard InChI is InChI=1S/C27H60N4O3S2Si/c1-6-32-37(33-7-2,34-8-3)27-13-19-29-17-12-18-31(24-26-36-10-5)22-21-30(23-25-35-9-4)16-11-14-28-15-20-29/h28H,6-27H2,1-5H3. The summed E-state index contributed by atoms with van der Waals surface area (Å²) in [6.45, 7) is 25.4. The molecule has 0 atom stereocenters. The molecular weight excluding hydrogens is 521 g/mol. The number of hydrogen-bond donors (Lipinski definition) is 1. The van der Waals surface area contributed by atoms with Gasteiger partial charge in [-0.25, -0.2) is 0 Å². The second kappa shape index (κ2) is 24.4. The minimum absolute atomic E-state index is 0.654. The Bertz CT molecular complexity index is 497. The first-order valence-electron chi connectivity index (χ1n) is 15.1. The molecule has 0 bridgehead atoms. The van der Waals surface area contributed by atoms with E-state index in [0.29, 0.717) is 19.8 Å². The molecule has 0 aromatic heterocycles. The lowest BCUT2D eigenvalue weighted by Crippen LogP contribution is -2.46. The van der Waals surface area contributed by atoms with Crippen LogP contribution in [0.3, 0.4) is 0 Å². The predicted octanol–water partition coefficient (Wildman–Crippen LogP) is 4.22. The largest absolute Gasteiger partial charge is 0.500 e. The van der Waals surface area contributed by atoms with Crippen molar-refractivity contribution in [2.24, 2.45) is 0 Å². The zero-order valence-electron chi connectivity index (χ0n) is 24.9. The van der Waals surface area contributed by atoms with E-state index in [0.717, 1.165) is 45.2 Å². The Morgan fingerprint density at radius 2 is 1.14 bits per heavy atom. The van der Waals surface area contributed by atoms with Crippen LogP contribution in [0.25, 0.3) is 0 Å². The minimum atomic E-state index is -2.56. The third-order valence-electron chi connectivity index (χ3n) is 6.68. The highest BCUT2D eigenvalue weighted by Gasteiger charge is 2.39. The molecule has 0 unspecified atom stereocenters. The zero-order valence-corrected chi connectivity index (χ0v) is 27.6. The molecule has 10 heteroatoms. The number of nitrogens with zero attached hydrogens (tertiary/aromatic N) is 3. The van der Waals surface area contributed by atoms with Crippen LogP contribution >= 0.6 is 23.5 Å². The van der Waals surface area contributed by atoms with Gasteiger partial charge in [0.1, 0.15) is 0 Å². The Morgan fingerprint density at radius 1 is 0.622 bits per heavy atom. The molecule has 0 aromatic carbocycles. The average Bonchev–Trinajstić information content (AvgIpc) is 2.88. The normalized spacial score (nSPS) is 18.7. The number of hydrogen-bond acceptors (Lipinski definition) is 9. The fourth-order valence-corrected chi connectivity index (χ4v) is 8.74. The van der Waals surface area contributed by atoms with E-state index in [4.69, 9.17) is 13.3 Å². The van der Waals surface area contributed by atoms with Gasteiger partial charge in [-0.3, -0.25) is 0 Å². The molecule has 37 heavy (non-hydrogen) atoms. The summed E-state index contributed by atoms with van der Waals surface area (Å²) >= 11 is 4.14. The van der Waals surface area contributed by atoms with E-state index in [2.05, 4.69) is 57.4 Å². The number of thioether (sulfide) groups is 2. The zero-order chi connectivity index (χ0) is 27.0. The van der Waals surface area contributed by atoms with Crippen LogP contribution in [0.4, 0.5) is 0 Å². The van der Waals surface area contributed by atoms with Gasteiger partial charge >= 0.3 is 8.80 Å². The van der Waals surface area contributed by atoms with E-state index in [1.165, 1.54) is 75.1 Å². The Hall–Kier alpha value is 0.637. The van der Waals surface area contributed by atoms with Crippen molar-refractivity contribution in [2.75, 3.05) is 115 Å². The quantitative estimate of drug-likeness (QED) is 0.190. The molecule has 0 aromatic rings. The van der Waals surface area contributed by atoms with Crippen molar-refractivity contribution in [1.82, 2.24) is 20.0 Å². The maximum Gasteiger partial charge on any atom is 0.500 e. The molecule has 1 fully saturated rings. The van der Waals surface area contributed by atoms with Crippen LogP contribution in [0.5, 0.6) is 0 Å². The van der Waals surface area contributed by atoms with E-state index >= 15 is 0 Å². The summed E-state index contributed by atoms with van der Waals surface area (Å²) in [5.41, 5.74) is 0. The van der Waals surface area contributed by atoms with Gasteiger partial charge in [-0.2, -0.15) is 23.5 Å². The van der Waals surface area contributed by atoms with Gasteiger partial charge in [0.2, 0.25) is 0 Å². The molecule has 1 aliphatic rings. The number of nitrogens with one attached hydrogen (secondary N) is 1. The van der Waals surface area contributed by atoms with Crippen LogP contribution in [0.2, 0.25) is 6.04 Å². The molecule has 0 saturated carbocycles. The Kier molecular flexibility index (Phi) is 23.6. The van der Waals surface area contributed by atoms with Crippen molar-refractivity contribution < 1.29 is 13.3 Å². The third-order valence-corrected chi connectivity index (χ3v) is 11.6. The molecule has 0 spiro atoms. The fraction of sp³-hybridized carbons (Fsp3) is 1.00. The lowest BCUT2D eigenvalue weighted by molar-refractivity contribution is 0.0698. The second-order valence-electron chi connectivity index (χ2n) is 9.46. The molecule has 1 rings (SSSR count). The van der Waals surface area contributed by atoms with Gasteiger partial charge in [0.25, 0.3) is 0 Å². The van der Waals surface area contributed by atoms with E-state index in [-0.39, 0.29) is 0 Å². The van der Waals surface area contributed by atoms with E-state index in [1.54, 1.807) is 0 Å². The fourth-order valence-electron chi connectivity index (χ4n) is 4.79. The lowest BCUT2D eigenvalue weighted by Gasteiger charge is -2.31. The smallest absolute Gasteiger partial charge is 0.374 e. The van der Waals surface area contributed by atoms with Crippen molar-refractivity contribution in [3.8, 4) is 0 Å². The van der Waals surface area contributed by atoms with Crippen LogP contribution in [0, 0.1) is 0 Å². The summed E-state index contributed by atoms with van der Waals surface area (Å²) in [5.74, 6) is 4.93. The van der Waals surface area contributed by atoms with E-state index in [1.807, 2.05) is 20.8 Å². The maximum absolute atomic E-state index is 6.09. The van der Waals surface area contributed by atoms with Crippen molar-refractivity contribution in [3.63, 3.8) is 0 Å². The first-order chi connectivity index (χ1) is 18.1. The summed E-state index contributed by atoms with van der Waals surface area (Å²) in [7, 11) is -2.56. The highest BCUT2D eigenvalue weighted by atomic mass is 32.2. The maximum atomic E-state index is 6.09. The van der Waals surface area contributed by atoms with Gasteiger partial charge < -0.3 is 33.3 Å². The van der Waals surface area contributed by atoms with Gasteiger partial charge in [0, 0.05) is 76.6 Å². The van der Waals surface area contributed by atoms with Crippen molar-refractivity contribution in [1.29, 1.82) is 0 Å². The lowest BCUT2D eigenvalue weighted by atomic mass is 10.3. The highest BCUT2D eigenvalue weighted by molar-refractivity contribution is 7.99. The summed E-state index contributed by atoms with van der Waals surface area (Å²) in [6, 6.07) is 0.902. The van der Waals surface area contributed by atoms with E-state index < -0.39 is 8.80 Å². The van der Waals surface area contributed by atoms with Gasteiger partial charge in [0.05, 0.1) is 0 Å². The van der Waals surface area contributed by atoms with E-state index in [9.17, 15) is 0 Å². The summed E-state index contributed by atoms with van der Waals surface area (Å²) < 4.78 is 18.3. The van der Waals surface area contributed by atoms with Crippen molar-refractivity contribution >= 4 is 32.3 Å². The molecule has 1 saturated heterocycles. The molecular formula is C27H60N4O3S2Si. The topological polar surface area (TPSA) is 49.4 Å².